The molecule has 0 aromatic rings. The smallest absolute Gasteiger partial charge is 0.802 e. The molecule has 0 radical (unpaired) electrons. The molecule has 0 bridgehead atoms. The van der Waals surface area contributed by atoms with Crippen LogP contribution in [0.5, 0.6) is 0 Å². The van der Waals surface area contributed by atoms with E-state index < -0.39 is 16.1 Å². The summed E-state index contributed by atoms with van der Waals surface area (Å²) in [4.78, 5) is 20.5. The van der Waals surface area contributed by atoms with Gasteiger partial charge in [-0.15, -0.1) is 0 Å². The Kier molecular flexibility index (Phi) is 35.1. The quantitative estimate of drug-likeness (QED) is 0.143. The van der Waals surface area contributed by atoms with Crippen LogP contribution in [0.3, 0.4) is 0 Å². The van der Waals surface area contributed by atoms with E-state index in [0.717, 1.165) is 25.7 Å². The maximum absolute atomic E-state index is 10.2. The summed E-state index contributed by atoms with van der Waals surface area (Å²) < 4.78 is 20.5. The van der Waals surface area contributed by atoms with E-state index >= 15 is 0 Å². The average Bonchev–Trinajstić information content (AvgIpc) is 2.60. The van der Waals surface area contributed by atoms with Gasteiger partial charge in [-0.3, -0.25) is 0 Å². The molecule has 2 unspecified atom stereocenters. The Balaban J connectivity index is -0.000000411. The molecule has 0 amide bonds. The third kappa shape index (κ3) is 38.2. The minimum atomic E-state index is -2.44. The van der Waals surface area contributed by atoms with Crippen LogP contribution < -0.4 is 9.79 Å². The van der Waals surface area contributed by atoms with E-state index in [-0.39, 0.29) is 17.1 Å². The van der Waals surface area contributed by atoms with Crippen molar-refractivity contribution in [3.63, 3.8) is 0 Å². The molecule has 0 spiro atoms. The van der Waals surface area contributed by atoms with Gasteiger partial charge in [-0.25, -0.2) is 0 Å². The van der Waals surface area contributed by atoms with Crippen molar-refractivity contribution in [2.24, 2.45) is 0 Å². The van der Waals surface area contributed by atoms with Gasteiger partial charge in [-0.1, -0.05) is 104 Å². The van der Waals surface area contributed by atoms with Gasteiger partial charge in [0.1, 0.15) is 0 Å². The monoisotopic (exact) mass is 466 g/mol. The van der Waals surface area contributed by atoms with E-state index in [9.17, 15) is 18.9 Å². The fourth-order valence-corrected chi connectivity index (χ4v) is 3.88. The second kappa shape index (κ2) is 29.1. The molecule has 0 fully saturated rings. The van der Waals surface area contributed by atoms with Crippen LogP contribution in [0.4, 0.5) is 0 Å². The maximum Gasteiger partial charge on any atom is 2.00 e. The Morgan fingerprint density at radius 1 is 0.481 bits per heavy atom. The van der Waals surface area contributed by atoms with Crippen molar-refractivity contribution >= 4 is 16.1 Å². The van der Waals surface area contributed by atoms with Gasteiger partial charge in [0.25, 0.3) is 0 Å². The average molecular weight is 466 g/mol. The summed E-state index contributed by atoms with van der Waals surface area (Å²) >= 11 is 0. The summed E-state index contributed by atoms with van der Waals surface area (Å²) in [7, 11) is -4.87. The Bertz CT molecular complexity index is 288. The van der Waals surface area contributed by atoms with Crippen molar-refractivity contribution in [3.05, 3.63) is 0 Å². The molecule has 27 heavy (non-hydrogen) atoms. The summed E-state index contributed by atoms with van der Waals surface area (Å²) in [5, 5.41) is 0. The fraction of sp³-hybridized carbons (Fsp3) is 1.00. The van der Waals surface area contributed by atoms with Gasteiger partial charge in [-0.05, 0) is 25.2 Å². The van der Waals surface area contributed by atoms with Crippen LogP contribution >= 0.6 is 16.1 Å². The molecular weight excluding hydrogens is 422 g/mol. The molecular formula is C20H44FeO4P2. The van der Waals surface area contributed by atoms with Crippen LogP contribution in [0, 0.1) is 0 Å². The third-order valence-electron chi connectivity index (χ3n) is 4.47. The van der Waals surface area contributed by atoms with Gasteiger partial charge >= 0.3 is 17.1 Å². The number of hydrogen-bond acceptors (Lipinski definition) is 4. The first-order valence-electron chi connectivity index (χ1n) is 10.9. The predicted octanol–water partition coefficient (Wildman–Crippen LogP) is 5.92. The van der Waals surface area contributed by atoms with E-state index in [1.807, 2.05) is 0 Å². The third-order valence-corrected chi connectivity index (χ3v) is 5.99. The molecule has 0 N–H and O–H groups in total. The van der Waals surface area contributed by atoms with Gasteiger partial charge in [-0.2, -0.15) is 0 Å². The Labute approximate surface area is 180 Å². The van der Waals surface area contributed by atoms with Crippen LogP contribution in [0.25, 0.3) is 0 Å². The van der Waals surface area contributed by atoms with Crippen LogP contribution in [0.15, 0.2) is 0 Å². The van der Waals surface area contributed by atoms with Gasteiger partial charge in [0, 0.05) is 16.1 Å². The summed E-state index contributed by atoms with van der Waals surface area (Å²) in [5.74, 6) is 0. The molecule has 0 rings (SSSR count). The first kappa shape index (κ1) is 32.6. The van der Waals surface area contributed by atoms with E-state index in [2.05, 4.69) is 13.8 Å². The van der Waals surface area contributed by atoms with Gasteiger partial charge in [0.15, 0.2) is 0 Å². The largest absolute Gasteiger partial charge is 2.00 e. The van der Waals surface area contributed by atoms with Crippen LogP contribution in [0.2, 0.25) is 0 Å². The zero-order valence-electron chi connectivity index (χ0n) is 17.7. The first-order chi connectivity index (χ1) is 12.5. The Hall–Kier alpha value is 0.899. The van der Waals surface area contributed by atoms with Gasteiger partial charge in [0.05, 0.1) is 0 Å². The Morgan fingerprint density at radius 3 is 0.926 bits per heavy atom. The van der Waals surface area contributed by atoms with Gasteiger partial charge in [0.2, 0.25) is 0 Å². The SMILES string of the molecule is CCCCCCCCCC[PH](=O)[O-].CCCCCCCCCC[PH](=O)[O-].[Fe+2]. The molecule has 2 atom stereocenters. The van der Waals surface area contributed by atoms with E-state index in [0.29, 0.717) is 12.3 Å². The van der Waals surface area contributed by atoms with Crippen molar-refractivity contribution in [1.29, 1.82) is 0 Å². The minimum Gasteiger partial charge on any atom is -0.802 e. The molecule has 0 heterocycles. The summed E-state index contributed by atoms with van der Waals surface area (Å²) in [6.45, 7) is 4.43. The van der Waals surface area contributed by atoms with Crippen molar-refractivity contribution in [1.82, 2.24) is 0 Å². The molecule has 0 aliphatic carbocycles. The topological polar surface area (TPSA) is 80.3 Å². The summed E-state index contributed by atoms with van der Waals surface area (Å²) in [6.07, 6.45) is 20.3. The van der Waals surface area contributed by atoms with E-state index in [4.69, 9.17) is 0 Å². The standard InChI is InChI=1S/2C10H23O2P.Fe/c2*1-2-3-4-5-6-7-8-9-10-13(11)12;/h2*13H,2-10H2,1H3,(H,11,12);/q;;+2/p-2. The van der Waals surface area contributed by atoms with E-state index in [1.54, 1.807) is 0 Å². The molecule has 0 saturated heterocycles. The zero-order chi connectivity index (χ0) is 19.9. The summed E-state index contributed by atoms with van der Waals surface area (Å²) in [5.41, 5.74) is 0. The van der Waals surface area contributed by atoms with E-state index in [1.165, 1.54) is 77.0 Å². The molecule has 0 aromatic carbocycles. The second-order valence-electron chi connectivity index (χ2n) is 7.19. The predicted molar refractivity (Wildman–Crippen MR) is 113 cm³/mol. The van der Waals surface area contributed by atoms with Crippen LogP contribution in [-0.4, -0.2) is 12.3 Å². The molecule has 0 aliphatic heterocycles. The van der Waals surface area contributed by atoms with Crippen molar-refractivity contribution in [3.8, 4) is 0 Å². The van der Waals surface area contributed by atoms with Crippen molar-refractivity contribution in [2.75, 3.05) is 12.3 Å². The number of hydrogen-bond donors (Lipinski definition) is 0. The number of rotatable bonds is 18. The fourth-order valence-electron chi connectivity index (χ4n) is 2.81. The first-order valence-corrected chi connectivity index (χ1v) is 14.0. The minimum absolute atomic E-state index is 0. The molecule has 4 nitrogen and oxygen atoms in total. The molecule has 166 valence electrons. The summed E-state index contributed by atoms with van der Waals surface area (Å²) in [6, 6.07) is 0. The molecule has 0 aliphatic rings. The maximum atomic E-state index is 10.2. The van der Waals surface area contributed by atoms with Crippen LogP contribution in [-0.2, 0) is 26.2 Å². The zero-order valence-corrected chi connectivity index (χ0v) is 20.8. The number of unbranched alkanes of at least 4 members (excludes halogenated alkanes) is 14. The molecule has 7 heteroatoms. The van der Waals surface area contributed by atoms with Gasteiger partial charge < -0.3 is 18.9 Å². The Morgan fingerprint density at radius 2 is 0.704 bits per heavy atom. The molecule has 0 saturated carbocycles. The normalized spacial score (nSPS) is 12.6. The molecule has 0 aromatic heterocycles. The second-order valence-corrected chi connectivity index (χ2v) is 9.68. The van der Waals surface area contributed by atoms with Crippen molar-refractivity contribution in [2.45, 2.75) is 117 Å². The van der Waals surface area contributed by atoms with Crippen LogP contribution in [0.1, 0.15) is 117 Å². The van der Waals surface area contributed by atoms with Crippen molar-refractivity contribution < 1.29 is 36.0 Å².